The largest absolute Gasteiger partial charge is 0.391 e. The van der Waals surface area contributed by atoms with Crippen molar-refractivity contribution in [1.82, 2.24) is 10.3 Å². The van der Waals surface area contributed by atoms with Crippen molar-refractivity contribution in [2.24, 2.45) is 0 Å². The van der Waals surface area contributed by atoms with Crippen LogP contribution >= 0.6 is 11.3 Å². The van der Waals surface area contributed by atoms with Gasteiger partial charge in [-0.25, -0.2) is 4.98 Å². The summed E-state index contributed by atoms with van der Waals surface area (Å²) in [6, 6.07) is 16.7. The maximum Gasteiger partial charge on any atom is 0.123 e. The van der Waals surface area contributed by atoms with Gasteiger partial charge >= 0.3 is 0 Å². The second-order valence-electron chi connectivity index (χ2n) is 6.33. The predicted molar refractivity (Wildman–Crippen MR) is 98.0 cm³/mol. The highest BCUT2D eigenvalue weighted by molar-refractivity contribution is 7.15. The van der Waals surface area contributed by atoms with Crippen molar-refractivity contribution >= 4 is 11.3 Å². The van der Waals surface area contributed by atoms with Crippen LogP contribution in [0.4, 0.5) is 0 Å². The average molecular weight is 336 g/mol. The minimum absolute atomic E-state index is 0.00567. The van der Waals surface area contributed by atoms with Gasteiger partial charge in [-0.3, -0.25) is 0 Å². The van der Waals surface area contributed by atoms with Gasteiger partial charge in [-0.1, -0.05) is 54.1 Å². The van der Waals surface area contributed by atoms with E-state index in [-0.39, 0.29) is 12.1 Å². The smallest absolute Gasteiger partial charge is 0.123 e. The first-order valence-corrected chi connectivity index (χ1v) is 9.03. The number of fused-ring (bicyclic) bond motifs is 1. The van der Waals surface area contributed by atoms with E-state index in [4.69, 9.17) is 0 Å². The number of nitrogens with zero attached hydrogens (tertiary/aromatic N) is 1. The summed E-state index contributed by atoms with van der Waals surface area (Å²) in [6.07, 6.45) is 2.30. The number of benzene rings is 2. The molecule has 24 heavy (non-hydrogen) atoms. The lowest BCUT2D eigenvalue weighted by atomic mass is 10.1. The Morgan fingerprint density at radius 2 is 1.96 bits per heavy atom. The molecule has 0 saturated heterocycles. The number of thiazole rings is 1. The minimum atomic E-state index is -0.355. The van der Waals surface area contributed by atoms with Gasteiger partial charge in [0, 0.05) is 29.6 Å². The molecule has 1 aromatic heterocycles. The van der Waals surface area contributed by atoms with Crippen LogP contribution in [0.15, 0.2) is 54.7 Å². The van der Waals surface area contributed by atoms with Gasteiger partial charge in [0.2, 0.25) is 0 Å². The maximum atomic E-state index is 10.3. The van der Waals surface area contributed by atoms with Crippen molar-refractivity contribution in [3.05, 3.63) is 76.3 Å². The highest BCUT2D eigenvalue weighted by Crippen LogP contribution is 2.32. The van der Waals surface area contributed by atoms with Crippen molar-refractivity contribution in [2.45, 2.75) is 32.0 Å². The minimum Gasteiger partial charge on any atom is -0.391 e. The Morgan fingerprint density at radius 3 is 2.79 bits per heavy atom. The number of hydrogen-bond acceptors (Lipinski definition) is 4. The summed E-state index contributed by atoms with van der Waals surface area (Å²) in [7, 11) is 0. The molecule has 1 aliphatic carbocycles. The molecule has 0 unspecified atom stereocenters. The summed E-state index contributed by atoms with van der Waals surface area (Å²) in [4.78, 5) is 5.72. The molecule has 0 radical (unpaired) electrons. The van der Waals surface area contributed by atoms with E-state index in [2.05, 4.69) is 53.6 Å². The third-order valence-corrected chi connectivity index (χ3v) is 5.60. The molecule has 0 aliphatic heterocycles. The van der Waals surface area contributed by atoms with Crippen molar-refractivity contribution in [3.63, 3.8) is 0 Å². The Bertz CT molecular complexity index is 841. The van der Waals surface area contributed by atoms with Crippen LogP contribution in [0.3, 0.4) is 0 Å². The molecule has 1 heterocycles. The van der Waals surface area contributed by atoms with E-state index in [9.17, 15) is 5.11 Å². The number of aryl methyl sites for hydroxylation is 1. The highest BCUT2D eigenvalue weighted by Gasteiger charge is 2.30. The predicted octanol–water partition coefficient (Wildman–Crippen LogP) is 3.87. The van der Waals surface area contributed by atoms with Crippen LogP contribution in [0.2, 0.25) is 0 Å². The summed E-state index contributed by atoms with van der Waals surface area (Å²) in [5.74, 6) is 0. The van der Waals surface area contributed by atoms with E-state index in [1.165, 1.54) is 21.6 Å². The fourth-order valence-electron chi connectivity index (χ4n) is 3.25. The van der Waals surface area contributed by atoms with Crippen LogP contribution in [-0.4, -0.2) is 16.2 Å². The molecule has 2 atom stereocenters. The quantitative estimate of drug-likeness (QED) is 0.760. The Kier molecular flexibility index (Phi) is 4.19. The molecule has 2 aromatic carbocycles. The van der Waals surface area contributed by atoms with Crippen LogP contribution in [0.5, 0.6) is 0 Å². The molecule has 0 amide bonds. The van der Waals surface area contributed by atoms with Gasteiger partial charge in [0.15, 0.2) is 0 Å². The molecule has 1 aliphatic rings. The van der Waals surface area contributed by atoms with Gasteiger partial charge in [0.1, 0.15) is 5.01 Å². The van der Waals surface area contributed by atoms with Crippen molar-refractivity contribution < 1.29 is 5.11 Å². The molecule has 2 N–H and O–H groups in total. The third kappa shape index (κ3) is 3.00. The zero-order chi connectivity index (χ0) is 16.5. The Labute approximate surface area is 146 Å². The van der Waals surface area contributed by atoms with Gasteiger partial charge in [-0.15, -0.1) is 11.3 Å². The lowest BCUT2D eigenvalue weighted by Crippen LogP contribution is -2.28. The van der Waals surface area contributed by atoms with Crippen molar-refractivity contribution in [1.29, 1.82) is 0 Å². The van der Waals surface area contributed by atoms with Crippen LogP contribution in [0.1, 0.15) is 27.6 Å². The van der Waals surface area contributed by atoms with Crippen molar-refractivity contribution in [2.75, 3.05) is 0 Å². The Balaban J connectivity index is 1.46. The lowest BCUT2D eigenvalue weighted by molar-refractivity contribution is 0.141. The molecule has 122 valence electrons. The normalized spacial score (nSPS) is 19.4. The van der Waals surface area contributed by atoms with Crippen LogP contribution < -0.4 is 5.32 Å². The third-order valence-electron chi connectivity index (χ3n) is 4.55. The molecular weight excluding hydrogens is 316 g/mol. The Morgan fingerprint density at radius 1 is 1.17 bits per heavy atom. The summed E-state index contributed by atoms with van der Waals surface area (Å²) < 4.78 is 0. The topological polar surface area (TPSA) is 45.2 Å². The van der Waals surface area contributed by atoms with E-state index in [0.29, 0.717) is 0 Å². The zero-order valence-corrected chi connectivity index (χ0v) is 14.4. The zero-order valence-electron chi connectivity index (χ0n) is 13.6. The number of nitrogens with one attached hydrogen (secondary N) is 1. The summed E-state index contributed by atoms with van der Waals surface area (Å²) in [5.41, 5.74) is 4.87. The summed E-state index contributed by atoms with van der Waals surface area (Å²) >= 11 is 1.70. The summed E-state index contributed by atoms with van der Waals surface area (Å²) in [6.45, 7) is 2.81. The molecule has 3 aromatic rings. The molecular formula is C20H20N2OS. The van der Waals surface area contributed by atoms with E-state index in [1.54, 1.807) is 11.3 Å². The first-order chi connectivity index (χ1) is 11.7. The van der Waals surface area contributed by atoms with Gasteiger partial charge in [-0.2, -0.15) is 0 Å². The molecule has 4 heteroatoms. The van der Waals surface area contributed by atoms with Gasteiger partial charge in [0.05, 0.1) is 12.1 Å². The van der Waals surface area contributed by atoms with Crippen molar-refractivity contribution in [3.8, 4) is 10.6 Å². The number of aromatic nitrogens is 1. The van der Waals surface area contributed by atoms with E-state index in [1.807, 2.05) is 18.3 Å². The van der Waals surface area contributed by atoms with E-state index in [0.717, 1.165) is 23.5 Å². The first-order valence-electron chi connectivity index (χ1n) is 8.22. The average Bonchev–Trinajstić information content (AvgIpc) is 3.17. The van der Waals surface area contributed by atoms with E-state index < -0.39 is 0 Å². The SMILES string of the molecule is Cc1ccc(-c2ncc(CN[C@H]3c4ccccc4C[C@H]3O)s2)cc1. The fourth-order valence-corrected chi connectivity index (χ4v) is 4.12. The second-order valence-corrected chi connectivity index (χ2v) is 7.44. The number of rotatable bonds is 4. The van der Waals surface area contributed by atoms with Gasteiger partial charge in [0.25, 0.3) is 0 Å². The fraction of sp³-hybridized carbons (Fsp3) is 0.250. The van der Waals surface area contributed by atoms with Crippen LogP contribution in [-0.2, 0) is 13.0 Å². The lowest BCUT2D eigenvalue weighted by Gasteiger charge is -2.17. The Hall–Kier alpha value is -2.01. The molecule has 0 spiro atoms. The number of aliphatic hydroxyl groups excluding tert-OH is 1. The molecule has 0 saturated carbocycles. The first kappa shape index (κ1) is 15.5. The molecule has 3 nitrogen and oxygen atoms in total. The standard InChI is InChI=1S/C20H20N2OS/c1-13-6-8-14(9-7-13)20-22-12-16(24-20)11-21-19-17-5-3-2-4-15(17)10-18(19)23/h2-9,12,18-19,21,23H,10-11H2,1H3/t18-,19+/m1/s1. The summed E-state index contributed by atoms with van der Waals surface area (Å²) in [5, 5.41) is 14.9. The van der Waals surface area contributed by atoms with E-state index >= 15 is 0 Å². The van der Waals surface area contributed by atoms with Gasteiger partial charge < -0.3 is 10.4 Å². The van der Waals surface area contributed by atoms with Gasteiger partial charge in [-0.05, 0) is 18.1 Å². The maximum absolute atomic E-state index is 10.3. The molecule has 0 fully saturated rings. The van der Waals surface area contributed by atoms with Crippen LogP contribution in [0.25, 0.3) is 10.6 Å². The molecule has 4 rings (SSSR count). The number of aliphatic hydroxyl groups is 1. The highest BCUT2D eigenvalue weighted by atomic mass is 32.1. The monoisotopic (exact) mass is 336 g/mol. The van der Waals surface area contributed by atoms with Crippen LogP contribution in [0, 0.1) is 6.92 Å². The number of hydrogen-bond donors (Lipinski definition) is 2. The molecule has 0 bridgehead atoms. The second kappa shape index (κ2) is 6.48.